The number of aromatic nitrogens is 1. The Bertz CT molecular complexity index is 1130. The van der Waals surface area contributed by atoms with E-state index >= 15 is 0 Å². The minimum absolute atomic E-state index is 0.140. The van der Waals surface area contributed by atoms with Crippen molar-refractivity contribution in [2.24, 2.45) is 4.99 Å². The summed E-state index contributed by atoms with van der Waals surface area (Å²) in [7, 11) is 0. The molecule has 0 bridgehead atoms. The number of ether oxygens (including phenoxy) is 2. The van der Waals surface area contributed by atoms with E-state index in [-0.39, 0.29) is 29.9 Å². The van der Waals surface area contributed by atoms with Gasteiger partial charge in [0.1, 0.15) is 18.5 Å². The van der Waals surface area contributed by atoms with Gasteiger partial charge in [-0.1, -0.05) is 17.7 Å². The maximum Gasteiger partial charge on any atom is 0.338 e. The first kappa shape index (κ1) is 24.3. The number of aliphatic imine (C=N–C) groups is 1. The number of hydrogen-bond donors (Lipinski definition) is 2. The minimum atomic E-state index is -1.02. The number of esters is 1. The van der Waals surface area contributed by atoms with Crippen molar-refractivity contribution in [3.8, 4) is 0 Å². The zero-order valence-corrected chi connectivity index (χ0v) is 19.7. The second-order valence-corrected chi connectivity index (χ2v) is 8.94. The summed E-state index contributed by atoms with van der Waals surface area (Å²) in [6.07, 6.45) is 1.44. The van der Waals surface area contributed by atoms with Crippen LogP contribution >= 0.6 is 22.9 Å². The number of aliphatic carboxylic acids is 1. The topological polar surface area (TPSA) is 113 Å². The zero-order chi connectivity index (χ0) is 24.2. The predicted molar refractivity (Wildman–Crippen MR) is 123 cm³/mol. The number of carboxylic acid groups (broad SMARTS) is 1. The van der Waals surface area contributed by atoms with Crippen LogP contribution in [0.2, 0.25) is 5.02 Å². The third-order valence-corrected chi connectivity index (χ3v) is 6.37. The number of nitrogens with one attached hydrogen (secondary N) is 1. The van der Waals surface area contributed by atoms with Gasteiger partial charge in [-0.25, -0.2) is 19.0 Å². The largest absolute Gasteiger partial charge is 0.480 e. The number of carbonyl (C=O) groups is 2. The molecule has 1 aromatic carbocycles. The Labute approximate surface area is 203 Å². The van der Waals surface area contributed by atoms with Crippen LogP contribution in [-0.4, -0.2) is 71.7 Å². The highest BCUT2D eigenvalue weighted by molar-refractivity contribution is 7.11. The fraction of sp³-hybridized carbons (Fsp3) is 0.364. The summed E-state index contributed by atoms with van der Waals surface area (Å²) in [5.74, 6) is -1.62. The first-order valence-corrected chi connectivity index (χ1v) is 11.8. The van der Waals surface area contributed by atoms with E-state index in [2.05, 4.69) is 10.3 Å². The Kier molecular flexibility index (Phi) is 7.57. The number of carbonyl (C=O) groups excluding carboxylic acids is 1. The monoisotopic (exact) mass is 508 g/mol. The molecule has 2 aliphatic rings. The molecular weight excluding hydrogens is 487 g/mol. The van der Waals surface area contributed by atoms with Crippen molar-refractivity contribution < 1.29 is 28.6 Å². The minimum Gasteiger partial charge on any atom is -0.480 e. The molecule has 0 spiro atoms. The van der Waals surface area contributed by atoms with Crippen LogP contribution < -0.4 is 5.32 Å². The Morgan fingerprint density at radius 1 is 1.38 bits per heavy atom. The number of hydrogen-bond acceptors (Lipinski definition) is 9. The van der Waals surface area contributed by atoms with E-state index in [4.69, 9.17) is 31.2 Å². The standard InChI is InChI=1S/C22H22ClFN4O5S/c1-2-32-22(31)18-16(10-28-8-13(9-28)33-11-17(29)30)26-20(21-25-5-6-34-21)27-19(18)14-4-3-12(24)7-15(14)23/h3-7,13,19H,2,8-11H2,1H3,(H,26,27)(H,29,30). The van der Waals surface area contributed by atoms with Crippen molar-refractivity contribution in [3.63, 3.8) is 0 Å². The first-order chi connectivity index (χ1) is 16.4. The summed E-state index contributed by atoms with van der Waals surface area (Å²) in [6.45, 7) is 2.84. The van der Waals surface area contributed by atoms with Crippen LogP contribution in [0.1, 0.15) is 23.5 Å². The van der Waals surface area contributed by atoms with E-state index in [1.165, 1.54) is 29.5 Å². The van der Waals surface area contributed by atoms with Gasteiger partial charge in [0.15, 0.2) is 10.8 Å². The third-order valence-electron chi connectivity index (χ3n) is 5.26. The van der Waals surface area contributed by atoms with Gasteiger partial charge >= 0.3 is 11.9 Å². The SMILES string of the molecule is CCOC(=O)C1=C(CN2CC(OCC(=O)O)C2)NC(c2nccs2)=NC1c1ccc(F)cc1Cl. The highest BCUT2D eigenvalue weighted by Gasteiger charge is 2.36. The number of rotatable bonds is 9. The highest BCUT2D eigenvalue weighted by atomic mass is 35.5. The van der Waals surface area contributed by atoms with Gasteiger partial charge in [-0.3, -0.25) is 9.89 Å². The van der Waals surface area contributed by atoms with Gasteiger partial charge in [0.2, 0.25) is 0 Å². The Morgan fingerprint density at radius 3 is 2.82 bits per heavy atom. The van der Waals surface area contributed by atoms with Gasteiger partial charge in [0.05, 0.1) is 18.3 Å². The molecule has 1 saturated heterocycles. The van der Waals surface area contributed by atoms with Crippen LogP contribution in [-0.2, 0) is 19.1 Å². The molecule has 1 aromatic heterocycles. The van der Waals surface area contributed by atoms with E-state index in [1.807, 2.05) is 10.3 Å². The zero-order valence-electron chi connectivity index (χ0n) is 18.2. The van der Waals surface area contributed by atoms with Crippen molar-refractivity contribution in [2.45, 2.75) is 19.1 Å². The highest BCUT2D eigenvalue weighted by Crippen LogP contribution is 2.37. The van der Waals surface area contributed by atoms with Crippen LogP contribution in [0.3, 0.4) is 0 Å². The Balaban J connectivity index is 1.68. The fourth-order valence-corrected chi connectivity index (χ4v) is 4.59. The van der Waals surface area contributed by atoms with Crippen LogP contribution in [0, 0.1) is 5.82 Å². The van der Waals surface area contributed by atoms with Gasteiger partial charge in [-0.2, -0.15) is 0 Å². The quantitative estimate of drug-likeness (QED) is 0.497. The van der Waals surface area contributed by atoms with Crippen LogP contribution in [0.15, 0.2) is 46.0 Å². The molecular formula is C22H22ClFN4O5S. The lowest BCUT2D eigenvalue weighted by Crippen LogP contribution is -2.54. The summed E-state index contributed by atoms with van der Waals surface area (Å²) >= 11 is 7.74. The van der Waals surface area contributed by atoms with E-state index in [9.17, 15) is 14.0 Å². The van der Waals surface area contributed by atoms with Gasteiger partial charge in [-0.15, -0.1) is 11.3 Å². The fourth-order valence-electron chi connectivity index (χ4n) is 3.74. The summed E-state index contributed by atoms with van der Waals surface area (Å²) < 4.78 is 24.4. The van der Waals surface area contributed by atoms with Gasteiger partial charge < -0.3 is 19.9 Å². The number of nitrogens with zero attached hydrogens (tertiary/aromatic N) is 3. The molecule has 0 amide bonds. The van der Waals surface area contributed by atoms with Crippen molar-refractivity contribution in [2.75, 3.05) is 32.8 Å². The summed E-state index contributed by atoms with van der Waals surface area (Å²) in [4.78, 5) is 34.8. The van der Waals surface area contributed by atoms with Crippen molar-refractivity contribution in [1.82, 2.24) is 15.2 Å². The number of thiazole rings is 1. The van der Waals surface area contributed by atoms with Gasteiger partial charge in [0.25, 0.3) is 0 Å². The van der Waals surface area contributed by atoms with Crippen LogP contribution in [0.25, 0.3) is 0 Å². The maximum absolute atomic E-state index is 13.7. The molecule has 180 valence electrons. The van der Waals surface area contributed by atoms with E-state index < -0.39 is 23.8 Å². The number of amidine groups is 1. The van der Waals surface area contributed by atoms with Crippen molar-refractivity contribution in [3.05, 3.63) is 62.5 Å². The average molecular weight is 509 g/mol. The maximum atomic E-state index is 13.7. The molecule has 0 radical (unpaired) electrons. The second-order valence-electron chi connectivity index (χ2n) is 7.64. The first-order valence-electron chi connectivity index (χ1n) is 10.5. The predicted octanol–water partition coefficient (Wildman–Crippen LogP) is 2.63. The van der Waals surface area contributed by atoms with Crippen molar-refractivity contribution >= 4 is 40.7 Å². The van der Waals surface area contributed by atoms with Crippen LogP contribution in [0.4, 0.5) is 4.39 Å². The summed E-state index contributed by atoms with van der Waals surface area (Å²) in [5.41, 5.74) is 1.29. The van der Waals surface area contributed by atoms with Crippen molar-refractivity contribution in [1.29, 1.82) is 0 Å². The van der Waals surface area contributed by atoms with E-state index in [0.717, 1.165) is 0 Å². The number of halogens is 2. The van der Waals surface area contributed by atoms with E-state index in [0.29, 0.717) is 41.7 Å². The average Bonchev–Trinajstić information content (AvgIpc) is 3.29. The molecule has 1 atom stereocenters. The molecule has 2 aromatic rings. The van der Waals surface area contributed by atoms with Gasteiger partial charge in [0, 0.05) is 47.5 Å². The lowest BCUT2D eigenvalue weighted by atomic mass is 9.94. The number of benzene rings is 1. The molecule has 1 unspecified atom stereocenters. The lowest BCUT2D eigenvalue weighted by molar-refractivity contribution is -0.148. The van der Waals surface area contributed by atoms with Gasteiger partial charge in [-0.05, 0) is 19.1 Å². The molecule has 0 aliphatic carbocycles. The molecule has 12 heteroatoms. The van der Waals surface area contributed by atoms with E-state index in [1.54, 1.807) is 13.1 Å². The molecule has 1 fully saturated rings. The molecule has 34 heavy (non-hydrogen) atoms. The normalized spacial score (nSPS) is 18.8. The summed E-state index contributed by atoms with van der Waals surface area (Å²) in [6, 6.07) is 3.12. The molecule has 0 saturated carbocycles. The Morgan fingerprint density at radius 2 is 2.18 bits per heavy atom. The molecule has 2 aliphatic heterocycles. The second kappa shape index (κ2) is 10.6. The third kappa shape index (κ3) is 5.44. The number of carboxylic acids is 1. The smallest absolute Gasteiger partial charge is 0.338 e. The lowest BCUT2D eigenvalue weighted by Gasteiger charge is -2.40. The molecule has 9 nitrogen and oxygen atoms in total. The summed E-state index contributed by atoms with van der Waals surface area (Å²) in [5, 5.41) is 14.6. The molecule has 4 rings (SSSR count). The molecule has 3 heterocycles. The number of likely N-dealkylation sites (tertiary alicyclic amines) is 1. The van der Waals surface area contributed by atoms with Crippen LogP contribution in [0.5, 0.6) is 0 Å². The molecule has 2 N–H and O–H groups in total. The Hall–Kier alpha value is -2.86.